The standard InChI is InChI=1S/C15H13NO4S/c1-7-3-8(2)13-10(4-7)12(17)9(6-20-13)5-11-14(18)16-15(19)21-11/h3-4,6,18H,5H2,1-2H3,(H,16,19). The smallest absolute Gasteiger partial charge is 0.307 e. The first-order chi connectivity index (χ1) is 9.95. The van der Waals surface area contributed by atoms with Crippen molar-refractivity contribution in [1.29, 1.82) is 0 Å². The van der Waals surface area contributed by atoms with Crippen molar-refractivity contribution in [3.05, 3.63) is 59.9 Å². The van der Waals surface area contributed by atoms with E-state index in [1.807, 2.05) is 19.9 Å². The molecular formula is C15H13NO4S. The minimum absolute atomic E-state index is 0.136. The second-order valence-corrected chi connectivity index (χ2v) is 6.08. The number of aromatic nitrogens is 1. The van der Waals surface area contributed by atoms with Crippen LogP contribution in [-0.2, 0) is 6.42 Å². The van der Waals surface area contributed by atoms with Gasteiger partial charge in [0.15, 0.2) is 5.43 Å². The predicted octanol–water partition coefficient (Wildman–Crippen LogP) is 2.46. The maximum absolute atomic E-state index is 12.5. The van der Waals surface area contributed by atoms with Crippen molar-refractivity contribution in [3.63, 3.8) is 0 Å². The number of nitrogens with one attached hydrogen (secondary N) is 1. The summed E-state index contributed by atoms with van der Waals surface area (Å²) in [5, 5.41) is 10.1. The van der Waals surface area contributed by atoms with Gasteiger partial charge in [-0.05, 0) is 31.0 Å². The van der Waals surface area contributed by atoms with E-state index in [0.717, 1.165) is 22.5 Å². The molecule has 2 heterocycles. The van der Waals surface area contributed by atoms with E-state index in [9.17, 15) is 14.7 Å². The SMILES string of the molecule is Cc1cc(C)c2occ(Cc3sc(=O)[nH]c3O)c(=O)c2c1. The van der Waals surface area contributed by atoms with Crippen molar-refractivity contribution < 1.29 is 9.52 Å². The van der Waals surface area contributed by atoms with E-state index in [4.69, 9.17) is 4.42 Å². The van der Waals surface area contributed by atoms with Crippen LogP contribution in [0.15, 0.2) is 32.4 Å². The monoisotopic (exact) mass is 303 g/mol. The van der Waals surface area contributed by atoms with Gasteiger partial charge in [-0.3, -0.25) is 14.6 Å². The number of H-pyrrole nitrogens is 1. The molecule has 0 amide bonds. The van der Waals surface area contributed by atoms with Crippen LogP contribution in [0.1, 0.15) is 21.6 Å². The first-order valence-electron chi connectivity index (χ1n) is 6.38. The molecule has 2 N–H and O–H groups in total. The van der Waals surface area contributed by atoms with Crippen molar-refractivity contribution in [1.82, 2.24) is 4.98 Å². The summed E-state index contributed by atoms with van der Waals surface area (Å²) < 4.78 is 5.56. The van der Waals surface area contributed by atoms with Gasteiger partial charge in [-0.25, -0.2) is 0 Å². The lowest BCUT2D eigenvalue weighted by atomic mass is 10.0. The molecule has 0 atom stereocenters. The second kappa shape index (κ2) is 4.89. The summed E-state index contributed by atoms with van der Waals surface area (Å²) in [5.41, 5.74) is 2.74. The summed E-state index contributed by atoms with van der Waals surface area (Å²) in [6.07, 6.45) is 1.57. The van der Waals surface area contributed by atoms with Gasteiger partial charge in [-0.15, -0.1) is 0 Å². The Bertz CT molecular complexity index is 948. The molecule has 6 heteroatoms. The fourth-order valence-corrected chi connectivity index (χ4v) is 3.15. The van der Waals surface area contributed by atoms with Crippen LogP contribution in [-0.4, -0.2) is 10.1 Å². The van der Waals surface area contributed by atoms with E-state index >= 15 is 0 Å². The average Bonchev–Trinajstić information content (AvgIpc) is 2.72. The van der Waals surface area contributed by atoms with Crippen LogP contribution in [0.4, 0.5) is 0 Å². The topological polar surface area (TPSA) is 83.3 Å². The van der Waals surface area contributed by atoms with E-state index in [1.165, 1.54) is 6.26 Å². The van der Waals surface area contributed by atoms with E-state index in [-0.39, 0.29) is 22.6 Å². The van der Waals surface area contributed by atoms with Crippen LogP contribution in [0.5, 0.6) is 5.88 Å². The van der Waals surface area contributed by atoms with Crippen molar-refractivity contribution in [2.24, 2.45) is 0 Å². The third-order valence-electron chi connectivity index (χ3n) is 3.33. The Morgan fingerprint density at radius 3 is 2.71 bits per heavy atom. The molecule has 108 valence electrons. The van der Waals surface area contributed by atoms with Crippen molar-refractivity contribution in [2.75, 3.05) is 0 Å². The molecule has 0 fully saturated rings. The minimum atomic E-state index is -0.348. The molecule has 0 aliphatic rings. The predicted molar refractivity (Wildman–Crippen MR) is 81.4 cm³/mol. The third-order valence-corrected chi connectivity index (χ3v) is 4.20. The van der Waals surface area contributed by atoms with E-state index in [1.54, 1.807) is 6.07 Å². The highest BCUT2D eigenvalue weighted by Crippen LogP contribution is 2.22. The normalized spacial score (nSPS) is 11.1. The maximum Gasteiger partial charge on any atom is 0.307 e. The number of benzene rings is 1. The van der Waals surface area contributed by atoms with Crippen LogP contribution < -0.4 is 10.3 Å². The number of aromatic hydroxyl groups is 1. The summed E-state index contributed by atoms with van der Waals surface area (Å²) in [5.74, 6) is -0.190. The maximum atomic E-state index is 12.5. The Hall–Kier alpha value is -2.34. The van der Waals surface area contributed by atoms with E-state index < -0.39 is 0 Å². The lowest BCUT2D eigenvalue weighted by Crippen LogP contribution is -2.09. The fraction of sp³-hybridized carbons (Fsp3) is 0.200. The van der Waals surface area contributed by atoms with Crippen LogP contribution in [0, 0.1) is 13.8 Å². The zero-order valence-corrected chi connectivity index (χ0v) is 12.3. The molecule has 2 aromatic heterocycles. The Kier molecular flexibility index (Phi) is 3.17. The molecule has 0 saturated heterocycles. The number of hydrogen-bond acceptors (Lipinski definition) is 5. The highest BCUT2D eigenvalue weighted by atomic mass is 32.1. The number of thiazole rings is 1. The van der Waals surface area contributed by atoms with Gasteiger partial charge < -0.3 is 9.52 Å². The molecule has 0 aliphatic carbocycles. The summed E-state index contributed by atoms with van der Waals surface area (Å²) in [7, 11) is 0. The Morgan fingerprint density at radius 2 is 2.05 bits per heavy atom. The quantitative estimate of drug-likeness (QED) is 0.761. The zero-order chi connectivity index (χ0) is 15.1. The highest BCUT2D eigenvalue weighted by molar-refractivity contribution is 7.09. The molecule has 0 saturated carbocycles. The van der Waals surface area contributed by atoms with Crippen LogP contribution in [0.3, 0.4) is 0 Å². The number of hydrogen-bond donors (Lipinski definition) is 2. The molecule has 5 nitrogen and oxygen atoms in total. The van der Waals surface area contributed by atoms with Crippen molar-refractivity contribution in [2.45, 2.75) is 20.3 Å². The number of rotatable bonds is 2. The van der Waals surface area contributed by atoms with Crippen LogP contribution in [0.2, 0.25) is 0 Å². The number of aryl methyl sites for hydroxylation is 2. The molecule has 0 bridgehead atoms. The summed E-state index contributed by atoms with van der Waals surface area (Å²) in [6, 6.07) is 3.74. The van der Waals surface area contributed by atoms with Gasteiger partial charge in [0.25, 0.3) is 0 Å². The molecule has 3 rings (SSSR count). The fourth-order valence-electron chi connectivity index (χ4n) is 2.40. The van der Waals surface area contributed by atoms with Gasteiger partial charge in [0, 0.05) is 12.0 Å². The average molecular weight is 303 g/mol. The second-order valence-electron chi connectivity index (χ2n) is 5.01. The van der Waals surface area contributed by atoms with Crippen molar-refractivity contribution in [3.8, 4) is 5.88 Å². The molecule has 0 radical (unpaired) electrons. The first-order valence-corrected chi connectivity index (χ1v) is 7.20. The summed E-state index contributed by atoms with van der Waals surface area (Å²) in [4.78, 5) is 26.1. The Morgan fingerprint density at radius 1 is 1.29 bits per heavy atom. The molecule has 0 unspecified atom stereocenters. The summed E-state index contributed by atoms with van der Waals surface area (Å²) >= 11 is 0.888. The van der Waals surface area contributed by atoms with Gasteiger partial charge in [0.05, 0.1) is 16.5 Å². The summed E-state index contributed by atoms with van der Waals surface area (Å²) in [6.45, 7) is 3.81. The van der Waals surface area contributed by atoms with E-state index in [2.05, 4.69) is 4.98 Å². The minimum Gasteiger partial charge on any atom is -0.494 e. The first kappa shape index (κ1) is 13.6. The Balaban J connectivity index is 2.16. The lowest BCUT2D eigenvalue weighted by molar-refractivity contribution is 0.451. The van der Waals surface area contributed by atoms with Gasteiger partial charge in [0.1, 0.15) is 5.58 Å². The van der Waals surface area contributed by atoms with Gasteiger partial charge in [-0.1, -0.05) is 17.4 Å². The molecule has 0 aliphatic heterocycles. The third kappa shape index (κ3) is 2.38. The lowest BCUT2D eigenvalue weighted by Gasteiger charge is -2.05. The van der Waals surface area contributed by atoms with Crippen LogP contribution >= 0.6 is 11.3 Å². The molecule has 1 aromatic carbocycles. The van der Waals surface area contributed by atoms with Gasteiger partial charge in [0.2, 0.25) is 5.88 Å². The molecular weight excluding hydrogens is 290 g/mol. The molecule has 0 spiro atoms. The van der Waals surface area contributed by atoms with Crippen LogP contribution in [0.25, 0.3) is 11.0 Å². The Labute approximate surface area is 123 Å². The molecule has 3 aromatic rings. The largest absolute Gasteiger partial charge is 0.494 e. The highest BCUT2D eigenvalue weighted by Gasteiger charge is 2.14. The van der Waals surface area contributed by atoms with Gasteiger partial charge in [-0.2, -0.15) is 0 Å². The zero-order valence-electron chi connectivity index (χ0n) is 11.5. The molecule has 21 heavy (non-hydrogen) atoms. The number of aromatic amines is 1. The number of fused-ring (bicyclic) bond motifs is 1. The van der Waals surface area contributed by atoms with Gasteiger partial charge >= 0.3 is 4.87 Å². The van der Waals surface area contributed by atoms with E-state index in [0.29, 0.717) is 21.4 Å². The van der Waals surface area contributed by atoms with Crippen molar-refractivity contribution >= 4 is 22.3 Å².